The minimum Gasteiger partial charge on any atom is -0.465 e. The molecule has 6 heteroatoms. The van der Waals surface area contributed by atoms with Crippen LogP contribution in [-0.4, -0.2) is 27.9 Å². The van der Waals surface area contributed by atoms with Crippen LogP contribution in [0.2, 0.25) is 5.02 Å². The molecule has 2 rings (SSSR count). The maximum atomic E-state index is 11.7. The Bertz CT molecular complexity index is 421. The highest BCUT2D eigenvalue weighted by Gasteiger charge is 2.44. The van der Waals surface area contributed by atoms with Crippen molar-refractivity contribution in [2.24, 2.45) is 5.73 Å². The van der Waals surface area contributed by atoms with Crippen LogP contribution in [0.3, 0.4) is 0 Å². The number of hydrogen-bond donors (Lipinski definition) is 1. The predicted octanol–water partition coefficient (Wildman–Crippen LogP) is 1.52. The highest BCUT2D eigenvalue weighted by atomic mass is 35.5. The van der Waals surface area contributed by atoms with E-state index in [-0.39, 0.29) is 12.0 Å². The SMILES string of the molecule is CCOC(=O)C1(N)CCC(n2cc(Cl)cn2)C1. The van der Waals surface area contributed by atoms with E-state index in [4.69, 9.17) is 22.1 Å². The fraction of sp³-hybridized carbons (Fsp3) is 0.636. The molecule has 0 spiro atoms. The third-order valence-electron chi connectivity index (χ3n) is 3.15. The first-order valence-electron chi connectivity index (χ1n) is 5.71. The largest absolute Gasteiger partial charge is 0.465 e. The molecule has 0 aliphatic heterocycles. The molecule has 1 aliphatic rings. The zero-order valence-corrected chi connectivity index (χ0v) is 10.5. The zero-order valence-electron chi connectivity index (χ0n) is 9.73. The molecule has 0 saturated heterocycles. The Morgan fingerprint density at radius 2 is 2.59 bits per heavy atom. The fourth-order valence-electron chi connectivity index (χ4n) is 2.25. The van der Waals surface area contributed by atoms with Gasteiger partial charge in [0, 0.05) is 6.20 Å². The molecular formula is C11H16ClN3O2. The van der Waals surface area contributed by atoms with Gasteiger partial charge in [0.2, 0.25) is 0 Å². The maximum absolute atomic E-state index is 11.7. The van der Waals surface area contributed by atoms with Crippen molar-refractivity contribution in [1.29, 1.82) is 0 Å². The second-order valence-corrected chi connectivity index (χ2v) is 4.85. The Labute approximate surface area is 105 Å². The second-order valence-electron chi connectivity index (χ2n) is 4.41. The van der Waals surface area contributed by atoms with Gasteiger partial charge in [-0.3, -0.25) is 9.48 Å². The van der Waals surface area contributed by atoms with Crippen LogP contribution < -0.4 is 5.73 Å². The molecule has 0 bridgehead atoms. The van der Waals surface area contributed by atoms with Crippen molar-refractivity contribution in [3.63, 3.8) is 0 Å². The quantitative estimate of drug-likeness (QED) is 0.834. The number of aromatic nitrogens is 2. The summed E-state index contributed by atoms with van der Waals surface area (Å²) in [6.45, 7) is 2.14. The van der Waals surface area contributed by atoms with Gasteiger partial charge < -0.3 is 10.5 Å². The van der Waals surface area contributed by atoms with E-state index in [1.54, 1.807) is 24.0 Å². The summed E-state index contributed by atoms with van der Waals surface area (Å²) in [5.41, 5.74) is 5.20. The van der Waals surface area contributed by atoms with Crippen molar-refractivity contribution in [3.05, 3.63) is 17.4 Å². The molecule has 5 nitrogen and oxygen atoms in total. The monoisotopic (exact) mass is 257 g/mol. The number of nitrogens with two attached hydrogens (primary N) is 1. The Morgan fingerprint density at radius 3 is 3.18 bits per heavy atom. The third-order valence-corrected chi connectivity index (χ3v) is 3.34. The van der Waals surface area contributed by atoms with E-state index in [9.17, 15) is 4.79 Å². The first-order chi connectivity index (χ1) is 8.05. The van der Waals surface area contributed by atoms with Crippen LogP contribution in [0.25, 0.3) is 0 Å². The Kier molecular flexibility index (Phi) is 3.40. The maximum Gasteiger partial charge on any atom is 0.326 e. The van der Waals surface area contributed by atoms with Crippen molar-refractivity contribution in [1.82, 2.24) is 9.78 Å². The van der Waals surface area contributed by atoms with Crippen LogP contribution in [0.4, 0.5) is 0 Å². The number of carbonyl (C=O) groups is 1. The van der Waals surface area contributed by atoms with Gasteiger partial charge in [-0.2, -0.15) is 5.10 Å². The average molecular weight is 258 g/mol. The normalized spacial score (nSPS) is 28.3. The summed E-state index contributed by atoms with van der Waals surface area (Å²) in [5.74, 6) is -0.319. The number of esters is 1. The molecule has 17 heavy (non-hydrogen) atoms. The Morgan fingerprint density at radius 1 is 1.82 bits per heavy atom. The van der Waals surface area contributed by atoms with Crippen molar-refractivity contribution < 1.29 is 9.53 Å². The summed E-state index contributed by atoms with van der Waals surface area (Å²) in [4.78, 5) is 11.7. The van der Waals surface area contributed by atoms with Crippen molar-refractivity contribution in [2.45, 2.75) is 37.8 Å². The molecule has 2 unspecified atom stereocenters. The van der Waals surface area contributed by atoms with Gasteiger partial charge in [0.05, 0.1) is 23.9 Å². The molecule has 1 aromatic heterocycles. The number of hydrogen-bond acceptors (Lipinski definition) is 4. The minimum atomic E-state index is -0.876. The second kappa shape index (κ2) is 4.66. The molecule has 1 aliphatic carbocycles. The standard InChI is InChI=1S/C11H16ClN3O2/c1-2-17-10(16)11(13)4-3-9(5-11)15-7-8(12)6-14-15/h6-7,9H,2-5,13H2,1H3. The summed E-state index contributed by atoms with van der Waals surface area (Å²) >= 11 is 5.82. The smallest absolute Gasteiger partial charge is 0.326 e. The van der Waals surface area contributed by atoms with E-state index >= 15 is 0 Å². The van der Waals surface area contributed by atoms with Gasteiger partial charge in [-0.25, -0.2) is 0 Å². The number of halogens is 1. The Balaban J connectivity index is 2.06. The molecule has 0 aromatic carbocycles. The van der Waals surface area contributed by atoms with Gasteiger partial charge in [0.25, 0.3) is 0 Å². The van der Waals surface area contributed by atoms with Crippen LogP contribution in [0.1, 0.15) is 32.2 Å². The summed E-state index contributed by atoms with van der Waals surface area (Å²) in [5, 5.41) is 4.74. The Hall–Kier alpha value is -1.07. The van der Waals surface area contributed by atoms with Crippen molar-refractivity contribution >= 4 is 17.6 Å². The molecule has 0 amide bonds. The number of carbonyl (C=O) groups excluding carboxylic acids is 1. The number of nitrogens with zero attached hydrogens (tertiary/aromatic N) is 2. The lowest BCUT2D eigenvalue weighted by atomic mass is 9.99. The van der Waals surface area contributed by atoms with E-state index in [2.05, 4.69) is 5.10 Å². The van der Waals surface area contributed by atoms with E-state index in [0.29, 0.717) is 24.5 Å². The highest BCUT2D eigenvalue weighted by Crippen LogP contribution is 2.36. The lowest BCUT2D eigenvalue weighted by Gasteiger charge is -2.21. The lowest BCUT2D eigenvalue weighted by Crippen LogP contribution is -2.46. The topological polar surface area (TPSA) is 70.1 Å². The predicted molar refractivity (Wildman–Crippen MR) is 63.7 cm³/mol. The van der Waals surface area contributed by atoms with Crippen LogP contribution in [-0.2, 0) is 9.53 Å². The van der Waals surface area contributed by atoms with Gasteiger partial charge in [-0.1, -0.05) is 11.6 Å². The van der Waals surface area contributed by atoms with E-state index in [1.165, 1.54) is 0 Å². The molecule has 2 N–H and O–H groups in total. The molecule has 1 fully saturated rings. The minimum absolute atomic E-state index is 0.122. The van der Waals surface area contributed by atoms with Gasteiger partial charge in [-0.05, 0) is 26.2 Å². The summed E-state index contributed by atoms with van der Waals surface area (Å²) in [6, 6.07) is 0.122. The fourth-order valence-corrected chi connectivity index (χ4v) is 2.39. The zero-order chi connectivity index (χ0) is 12.5. The highest BCUT2D eigenvalue weighted by molar-refractivity contribution is 6.30. The molecule has 0 radical (unpaired) electrons. The van der Waals surface area contributed by atoms with Gasteiger partial charge in [0.15, 0.2) is 0 Å². The summed E-state index contributed by atoms with van der Waals surface area (Å²) in [6.07, 6.45) is 5.32. The molecular weight excluding hydrogens is 242 g/mol. The average Bonchev–Trinajstić information content (AvgIpc) is 2.86. The molecule has 2 atom stereocenters. The van der Waals surface area contributed by atoms with Gasteiger partial charge >= 0.3 is 5.97 Å². The van der Waals surface area contributed by atoms with Crippen LogP contribution in [0.15, 0.2) is 12.4 Å². The van der Waals surface area contributed by atoms with Crippen molar-refractivity contribution in [3.8, 4) is 0 Å². The first kappa shape index (κ1) is 12.4. The third kappa shape index (κ3) is 2.45. The van der Waals surface area contributed by atoms with Crippen LogP contribution in [0, 0.1) is 0 Å². The molecule has 1 heterocycles. The first-order valence-corrected chi connectivity index (χ1v) is 6.09. The van der Waals surface area contributed by atoms with Gasteiger partial charge in [0.1, 0.15) is 5.54 Å². The van der Waals surface area contributed by atoms with Gasteiger partial charge in [-0.15, -0.1) is 0 Å². The lowest BCUT2D eigenvalue weighted by molar-refractivity contribution is -0.149. The van der Waals surface area contributed by atoms with E-state index in [0.717, 1.165) is 6.42 Å². The van der Waals surface area contributed by atoms with E-state index in [1.807, 2.05) is 0 Å². The molecule has 1 saturated carbocycles. The van der Waals surface area contributed by atoms with Crippen LogP contribution >= 0.6 is 11.6 Å². The number of rotatable bonds is 3. The van der Waals surface area contributed by atoms with E-state index < -0.39 is 5.54 Å². The number of ether oxygens (including phenoxy) is 1. The summed E-state index contributed by atoms with van der Waals surface area (Å²) < 4.78 is 6.77. The summed E-state index contributed by atoms with van der Waals surface area (Å²) in [7, 11) is 0. The van der Waals surface area contributed by atoms with Crippen molar-refractivity contribution in [2.75, 3.05) is 6.61 Å². The molecule has 1 aromatic rings. The van der Waals surface area contributed by atoms with Crippen LogP contribution in [0.5, 0.6) is 0 Å². The molecule has 94 valence electrons.